The Bertz CT molecular complexity index is 1300. The summed E-state index contributed by atoms with van der Waals surface area (Å²) in [5, 5.41) is 13.6. The number of hydrogen-bond donors (Lipinski definition) is 3. The fourth-order valence-electron chi connectivity index (χ4n) is 3.63. The molecule has 4 aromatic rings. The molecule has 0 saturated carbocycles. The molecule has 0 saturated heterocycles. The summed E-state index contributed by atoms with van der Waals surface area (Å²) in [6, 6.07) is 4.62. The fraction of sp³-hybridized carbons (Fsp3) is 0.318. The molecule has 0 fully saturated rings. The molecule has 0 unspecified atom stereocenters. The topological polar surface area (TPSA) is 128 Å². The van der Waals surface area contributed by atoms with Crippen LogP contribution in [0.25, 0.3) is 16.4 Å². The minimum absolute atomic E-state index is 0.0371. The Hall–Kier alpha value is -3.66. The minimum Gasteiger partial charge on any atom is -0.487 e. The van der Waals surface area contributed by atoms with Crippen LogP contribution in [0.4, 0.5) is 4.39 Å². The van der Waals surface area contributed by atoms with E-state index in [-0.39, 0.29) is 30.5 Å². The number of carboxylic acid groups (broad SMARTS) is 1. The van der Waals surface area contributed by atoms with E-state index >= 15 is 4.39 Å². The lowest BCUT2D eigenvalue weighted by molar-refractivity contribution is -0.137. The van der Waals surface area contributed by atoms with Gasteiger partial charge in [-0.15, -0.1) is 0 Å². The highest BCUT2D eigenvalue weighted by Crippen LogP contribution is 2.35. The number of carbonyl (C=O) groups is 1. The molecule has 9 nitrogen and oxygen atoms in total. The Balaban J connectivity index is 1.68. The average molecular weight is 441 g/mol. The second-order valence-electron chi connectivity index (χ2n) is 7.82. The number of nitrogens with two attached hydrogens (primary N) is 1. The molecule has 0 bridgehead atoms. The van der Waals surface area contributed by atoms with Crippen molar-refractivity contribution in [2.75, 3.05) is 0 Å². The van der Waals surface area contributed by atoms with Gasteiger partial charge in [-0.3, -0.25) is 4.79 Å². The number of hydrogen-bond acceptors (Lipinski definition) is 6. The first-order valence-corrected chi connectivity index (χ1v) is 10.2. The van der Waals surface area contributed by atoms with E-state index in [1.807, 2.05) is 6.92 Å². The number of carboxylic acids is 1. The van der Waals surface area contributed by atoms with Gasteiger partial charge < -0.3 is 25.3 Å². The van der Waals surface area contributed by atoms with E-state index in [0.29, 0.717) is 27.7 Å². The molecule has 168 valence electrons. The summed E-state index contributed by atoms with van der Waals surface area (Å²) in [6.07, 6.45) is 2.64. The van der Waals surface area contributed by atoms with E-state index in [1.54, 1.807) is 38.2 Å². The number of aliphatic carboxylic acids is 1. The van der Waals surface area contributed by atoms with Gasteiger partial charge in [-0.05, 0) is 45.4 Å². The quantitative estimate of drug-likeness (QED) is 0.380. The molecule has 0 aliphatic rings. The second kappa shape index (κ2) is 8.46. The Kier molecular flexibility index (Phi) is 5.70. The van der Waals surface area contributed by atoms with Gasteiger partial charge in [0.25, 0.3) is 0 Å². The highest BCUT2D eigenvalue weighted by molar-refractivity contribution is 5.83. The number of H-pyrrole nitrogens is 1. The first kappa shape index (κ1) is 21.6. The van der Waals surface area contributed by atoms with Crippen LogP contribution in [-0.2, 0) is 4.79 Å². The summed E-state index contributed by atoms with van der Waals surface area (Å²) in [6.45, 7) is 5.41. The zero-order chi connectivity index (χ0) is 23.0. The van der Waals surface area contributed by atoms with Crippen LogP contribution in [0, 0.1) is 19.7 Å². The molecule has 0 amide bonds. The van der Waals surface area contributed by atoms with Crippen LogP contribution in [0.1, 0.15) is 31.0 Å². The predicted octanol–water partition coefficient (Wildman–Crippen LogP) is 3.72. The number of halogens is 1. The SMILES string of the molecule is Cc1cc2c(F)c(Oc3ncnn4cc(O[C@@H](CCC(=O)O)[C@@H](C)N)c(C)c34)ccc2[nH]1. The second-order valence-corrected chi connectivity index (χ2v) is 7.82. The van der Waals surface area contributed by atoms with E-state index in [2.05, 4.69) is 15.1 Å². The summed E-state index contributed by atoms with van der Waals surface area (Å²) in [5.74, 6) is -0.734. The van der Waals surface area contributed by atoms with E-state index in [1.165, 1.54) is 10.8 Å². The van der Waals surface area contributed by atoms with Gasteiger partial charge >= 0.3 is 5.97 Å². The molecule has 4 N–H and O–H groups in total. The number of benzene rings is 1. The van der Waals surface area contributed by atoms with Crippen molar-refractivity contribution >= 4 is 22.4 Å². The number of fused-ring (bicyclic) bond motifs is 2. The molecular weight excluding hydrogens is 417 g/mol. The van der Waals surface area contributed by atoms with Gasteiger partial charge in [0, 0.05) is 34.6 Å². The van der Waals surface area contributed by atoms with Crippen molar-refractivity contribution < 1.29 is 23.8 Å². The van der Waals surface area contributed by atoms with E-state index in [9.17, 15) is 4.79 Å². The summed E-state index contributed by atoms with van der Waals surface area (Å²) >= 11 is 0. The van der Waals surface area contributed by atoms with Crippen molar-refractivity contribution in [2.45, 2.75) is 45.8 Å². The molecule has 0 spiro atoms. The molecule has 2 atom stereocenters. The van der Waals surface area contributed by atoms with E-state index < -0.39 is 17.9 Å². The van der Waals surface area contributed by atoms with Crippen molar-refractivity contribution in [3.05, 3.63) is 47.8 Å². The van der Waals surface area contributed by atoms with Gasteiger partial charge in [0.1, 0.15) is 23.7 Å². The third-order valence-corrected chi connectivity index (χ3v) is 5.30. The van der Waals surface area contributed by atoms with Crippen LogP contribution in [0.3, 0.4) is 0 Å². The first-order chi connectivity index (χ1) is 15.2. The molecule has 3 heterocycles. The molecule has 32 heavy (non-hydrogen) atoms. The summed E-state index contributed by atoms with van der Waals surface area (Å²) in [5.41, 5.74) is 8.69. The van der Waals surface area contributed by atoms with E-state index in [4.69, 9.17) is 20.3 Å². The Morgan fingerprint density at radius 2 is 2.12 bits per heavy atom. The maximum Gasteiger partial charge on any atom is 0.303 e. The van der Waals surface area contributed by atoms with Crippen LogP contribution in [0.5, 0.6) is 17.4 Å². The van der Waals surface area contributed by atoms with Gasteiger partial charge in [-0.2, -0.15) is 10.1 Å². The Labute approximate surface area is 183 Å². The first-order valence-electron chi connectivity index (χ1n) is 10.2. The van der Waals surface area contributed by atoms with Crippen LogP contribution in [-0.4, -0.2) is 42.8 Å². The lowest BCUT2D eigenvalue weighted by atomic mass is 10.1. The molecule has 4 rings (SSSR count). The van der Waals surface area contributed by atoms with Crippen molar-refractivity contribution in [2.24, 2.45) is 5.73 Å². The summed E-state index contributed by atoms with van der Waals surface area (Å²) in [7, 11) is 0. The van der Waals surface area contributed by atoms with Crippen LogP contribution in [0.2, 0.25) is 0 Å². The minimum atomic E-state index is -0.920. The molecule has 10 heteroatoms. The lowest BCUT2D eigenvalue weighted by Crippen LogP contribution is -2.36. The largest absolute Gasteiger partial charge is 0.487 e. The standard InChI is InChI=1S/C22H24FN5O4/c1-11-8-14-15(27-11)4-5-17(20(14)23)32-22-21-12(2)18(9-28(21)26-10-25-22)31-16(13(3)24)6-7-19(29)30/h4-5,8-10,13,16,27H,6-7,24H2,1-3H3,(H,29,30)/t13-,16+/m1/s1. The fourth-order valence-corrected chi connectivity index (χ4v) is 3.63. The highest BCUT2D eigenvalue weighted by Gasteiger charge is 2.22. The van der Waals surface area contributed by atoms with Crippen molar-refractivity contribution in [3.63, 3.8) is 0 Å². The number of nitrogens with one attached hydrogen (secondary N) is 1. The summed E-state index contributed by atoms with van der Waals surface area (Å²) in [4.78, 5) is 18.2. The van der Waals surface area contributed by atoms with Crippen molar-refractivity contribution in [1.29, 1.82) is 0 Å². The third-order valence-electron chi connectivity index (χ3n) is 5.30. The number of aromatic nitrogens is 4. The molecule has 1 aromatic carbocycles. The molecule has 0 aliphatic carbocycles. The van der Waals surface area contributed by atoms with Gasteiger partial charge in [0.2, 0.25) is 5.88 Å². The maximum absolute atomic E-state index is 15.0. The van der Waals surface area contributed by atoms with Crippen molar-refractivity contribution in [1.82, 2.24) is 19.6 Å². The zero-order valence-electron chi connectivity index (χ0n) is 17.9. The van der Waals surface area contributed by atoms with Crippen LogP contribution >= 0.6 is 0 Å². The van der Waals surface area contributed by atoms with E-state index in [0.717, 1.165) is 5.69 Å². The van der Waals surface area contributed by atoms with Crippen LogP contribution in [0.15, 0.2) is 30.7 Å². The Morgan fingerprint density at radius 3 is 2.84 bits per heavy atom. The molecular formula is C22H24FN5O4. The number of ether oxygens (including phenoxy) is 2. The van der Waals surface area contributed by atoms with Gasteiger partial charge in [-0.25, -0.2) is 8.91 Å². The van der Waals surface area contributed by atoms with Gasteiger partial charge in [0.15, 0.2) is 11.6 Å². The highest BCUT2D eigenvalue weighted by atomic mass is 19.1. The van der Waals surface area contributed by atoms with Crippen molar-refractivity contribution in [3.8, 4) is 17.4 Å². The smallest absolute Gasteiger partial charge is 0.303 e. The Morgan fingerprint density at radius 1 is 1.34 bits per heavy atom. The number of aromatic amines is 1. The average Bonchev–Trinajstić information content (AvgIpc) is 3.27. The molecule has 3 aromatic heterocycles. The number of aryl methyl sites for hydroxylation is 2. The maximum atomic E-state index is 15.0. The zero-order valence-corrected chi connectivity index (χ0v) is 17.9. The summed E-state index contributed by atoms with van der Waals surface area (Å²) < 4.78 is 28.4. The third kappa shape index (κ3) is 4.09. The van der Waals surface area contributed by atoms with Crippen LogP contribution < -0.4 is 15.2 Å². The number of nitrogens with zero attached hydrogens (tertiary/aromatic N) is 3. The monoisotopic (exact) mass is 441 g/mol. The lowest BCUT2D eigenvalue weighted by Gasteiger charge is -2.21. The normalized spacial score (nSPS) is 13.4. The number of rotatable bonds is 8. The van der Waals surface area contributed by atoms with Gasteiger partial charge in [0.05, 0.1) is 6.20 Å². The molecule has 0 radical (unpaired) electrons. The van der Waals surface area contributed by atoms with Gasteiger partial charge in [-0.1, -0.05) is 0 Å². The molecule has 0 aliphatic heterocycles. The predicted molar refractivity (Wildman–Crippen MR) is 116 cm³/mol.